The molecule has 3 rings (SSSR count). The molecular weight excluding hydrogens is 455 g/mol. The molecule has 27 heavy (non-hydrogen) atoms. The number of likely N-dealkylation sites (tertiary alicyclic amines) is 1. The van der Waals surface area contributed by atoms with Crippen LogP contribution < -0.4 is 20.1 Å². The van der Waals surface area contributed by atoms with Crippen LogP contribution in [0.25, 0.3) is 0 Å². The summed E-state index contributed by atoms with van der Waals surface area (Å²) in [6.07, 6.45) is 3.94. The number of benzene rings is 1. The normalized spacial score (nSPS) is 24.1. The summed E-state index contributed by atoms with van der Waals surface area (Å²) >= 11 is 0. The maximum absolute atomic E-state index is 5.94. The van der Waals surface area contributed by atoms with E-state index in [4.69, 9.17) is 9.47 Å². The van der Waals surface area contributed by atoms with Crippen LogP contribution in [0.1, 0.15) is 33.1 Å². The molecule has 0 radical (unpaired) electrons. The fourth-order valence-corrected chi connectivity index (χ4v) is 3.63. The van der Waals surface area contributed by atoms with Crippen molar-refractivity contribution in [1.82, 2.24) is 15.5 Å². The Balaban J connectivity index is 0.00000261. The van der Waals surface area contributed by atoms with Crippen molar-refractivity contribution in [3.63, 3.8) is 0 Å². The number of hydrogen-bond donors (Lipinski definition) is 2. The van der Waals surface area contributed by atoms with Crippen LogP contribution in [0.4, 0.5) is 0 Å². The number of methoxy groups -OCH3 is 1. The first-order valence-electron chi connectivity index (χ1n) is 9.62. The Hall–Kier alpha value is -1.22. The third-order valence-electron chi connectivity index (χ3n) is 5.16. The van der Waals surface area contributed by atoms with Crippen molar-refractivity contribution in [2.45, 2.75) is 57.3 Å². The van der Waals surface area contributed by atoms with Crippen LogP contribution in [-0.4, -0.2) is 62.3 Å². The van der Waals surface area contributed by atoms with Gasteiger partial charge >= 0.3 is 0 Å². The van der Waals surface area contributed by atoms with Crippen molar-refractivity contribution in [3.05, 3.63) is 24.3 Å². The minimum Gasteiger partial charge on any atom is -0.497 e. The molecular formula is C20H33IN4O2. The van der Waals surface area contributed by atoms with E-state index in [1.165, 1.54) is 19.3 Å². The lowest BCUT2D eigenvalue weighted by molar-refractivity contribution is 0.223. The van der Waals surface area contributed by atoms with Gasteiger partial charge in [0.25, 0.3) is 0 Å². The Bertz CT molecular complexity index is 607. The van der Waals surface area contributed by atoms with Gasteiger partial charge in [0.05, 0.1) is 13.7 Å². The molecule has 1 aliphatic heterocycles. The first kappa shape index (κ1) is 22.1. The van der Waals surface area contributed by atoms with Crippen molar-refractivity contribution < 1.29 is 9.47 Å². The Labute approximate surface area is 180 Å². The predicted molar refractivity (Wildman–Crippen MR) is 121 cm³/mol. The number of rotatable bonds is 7. The highest BCUT2D eigenvalue weighted by molar-refractivity contribution is 14.0. The van der Waals surface area contributed by atoms with E-state index in [0.29, 0.717) is 18.6 Å². The van der Waals surface area contributed by atoms with Crippen LogP contribution in [0.5, 0.6) is 11.5 Å². The quantitative estimate of drug-likeness (QED) is 0.351. The van der Waals surface area contributed by atoms with Crippen molar-refractivity contribution in [3.8, 4) is 11.5 Å². The monoisotopic (exact) mass is 488 g/mol. The molecule has 2 fully saturated rings. The molecule has 3 atom stereocenters. The maximum Gasteiger partial charge on any atom is 0.191 e. The van der Waals surface area contributed by atoms with E-state index in [-0.39, 0.29) is 30.1 Å². The molecule has 0 amide bonds. The van der Waals surface area contributed by atoms with Crippen LogP contribution >= 0.6 is 24.0 Å². The standard InChI is InChI=1S/C20H32N4O2.HI/c1-14-11-16(13-24(14)17-5-6-17)23-20(21-3)22-12-15(2)26-19-9-7-18(25-4)8-10-19;/h7-10,14-17H,5-6,11-13H2,1-4H3,(H2,21,22,23);1H. The molecule has 0 bridgehead atoms. The van der Waals surface area contributed by atoms with Gasteiger partial charge in [-0.3, -0.25) is 9.89 Å². The van der Waals surface area contributed by atoms with Gasteiger partial charge in [0.1, 0.15) is 17.6 Å². The number of ether oxygens (including phenoxy) is 2. The van der Waals surface area contributed by atoms with Crippen molar-refractivity contribution in [2.24, 2.45) is 4.99 Å². The summed E-state index contributed by atoms with van der Waals surface area (Å²) in [5.74, 6) is 2.52. The third kappa shape index (κ3) is 6.41. The first-order valence-corrected chi connectivity index (χ1v) is 9.62. The lowest BCUT2D eigenvalue weighted by atomic mass is 10.2. The van der Waals surface area contributed by atoms with Crippen molar-refractivity contribution >= 4 is 29.9 Å². The Morgan fingerprint density at radius 1 is 1.26 bits per heavy atom. The van der Waals surface area contributed by atoms with Crippen LogP contribution in [0.15, 0.2) is 29.3 Å². The zero-order chi connectivity index (χ0) is 18.5. The molecule has 0 spiro atoms. The van der Waals surface area contributed by atoms with E-state index in [9.17, 15) is 0 Å². The minimum atomic E-state index is 0. The summed E-state index contributed by atoms with van der Waals surface area (Å²) < 4.78 is 11.1. The fraction of sp³-hybridized carbons (Fsp3) is 0.650. The van der Waals surface area contributed by atoms with Gasteiger partial charge in [-0.1, -0.05) is 0 Å². The molecule has 1 aromatic carbocycles. The number of guanidine groups is 1. The zero-order valence-corrected chi connectivity index (χ0v) is 19.1. The average Bonchev–Trinajstić information content (AvgIpc) is 3.42. The Kier molecular flexibility index (Phi) is 8.47. The highest BCUT2D eigenvalue weighted by Gasteiger charge is 2.38. The van der Waals surface area contributed by atoms with E-state index in [1.54, 1.807) is 7.11 Å². The van der Waals surface area contributed by atoms with E-state index < -0.39 is 0 Å². The highest BCUT2D eigenvalue weighted by Crippen LogP contribution is 2.33. The van der Waals surface area contributed by atoms with E-state index in [1.807, 2.05) is 31.3 Å². The second kappa shape index (κ2) is 10.4. The second-order valence-electron chi connectivity index (χ2n) is 7.41. The van der Waals surface area contributed by atoms with Gasteiger partial charge in [0.2, 0.25) is 0 Å². The summed E-state index contributed by atoms with van der Waals surface area (Å²) in [5.41, 5.74) is 0. The lowest BCUT2D eigenvalue weighted by Gasteiger charge is -2.21. The largest absolute Gasteiger partial charge is 0.497 e. The minimum absolute atomic E-state index is 0. The first-order chi connectivity index (χ1) is 12.6. The van der Waals surface area contributed by atoms with Crippen LogP contribution in [0.2, 0.25) is 0 Å². The third-order valence-corrected chi connectivity index (χ3v) is 5.16. The summed E-state index contributed by atoms with van der Waals surface area (Å²) in [7, 11) is 3.48. The molecule has 2 N–H and O–H groups in total. The SMILES string of the molecule is CN=C(NCC(C)Oc1ccc(OC)cc1)NC1CC(C)N(C2CC2)C1.I. The Morgan fingerprint density at radius 3 is 2.52 bits per heavy atom. The average molecular weight is 488 g/mol. The van der Waals surface area contributed by atoms with Gasteiger partial charge in [-0.15, -0.1) is 24.0 Å². The summed E-state index contributed by atoms with van der Waals surface area (Å²) in [6, 6.07) is 9.62. The number of nitrogens with zero attached hydrogens (tertiary/aromatic N) is 2. The van der Waals surface area contributed by atoms with Crippen molar-refractivity contribution in [2.75, 3.05) is 27.2 Å². The van der Waals surface area contributed by atoms with Crippen molar-refractivity contribution in [1.29, 1.82) is 0 Å². The summed E-state index contributed by atoms with van der Waals surface area (Å²) in [5, 5.41) is 6.95. The van der Waals surface area contributed by atoms with Crippen LogP contribution in [-0.2, 0) is 0 Å². The van der Waals surface area contributed by atoms with Gasteiger partial charge in [-0.2, -0.15) is 0 Å². The number of aliphatic imine (C=N–C) groups is 1. The van der Waals surface area contributed by atoms with Gasteiger partial charge in [0.15, 0.2) is 5.96 Å². The number of nitrogens with one attached hydrogen (secondary N) is 2. The number of hydrogen-bond acceptors (Lipinski definition) is 4. The Morgan fingerprint density at radius 2 is 1.93 bits per heavy atom. The molecule has 1 heterocycles. The number of halogens is 1. The molecule has 3 unspecified atom stereocenters. The van der Waals surface area contributed by atoms with E-state index in [2.05, 4.69) is 34.4 Å². The fourth-order valence-electron chi connectivity index (χ4n) is 3.63. The van der Waals surface area contributed by atoms with Gasteiger partial charge in [-0.05, 0) is 57.4 Å². The summed E-state index contributed by atoms with van der Waals surface area (Å²) in [6.45, 7) is 6.20. The molecule has 0 aromatic heterocycles. The molecule has 1 saturated carbocycles. The van der Waals surface area contributed by atoms with Gasteiger partial charge in [-0.25, -0.2) is 0 Å². The predicted octanol–water partition coefficient (Wildman–Crippen LogP) is 2.87. The lowest BCUT2D eigenvalue weighted by Crippen LogP contribution is -2.47. The van der Waals surface area contributed by atoms with E-state index >= 15 is 0 Å². The van der Waals surface area contributed by atoms with E-state index in [0.717, 1.165) is 30.0 Å². The smallest absolute Gasteiger partial charge is 0.191 e. The summed E-state index contributed by atoms with van der Waals surface area (Å²) in [4.78, 5) is 7.01. The molecule has 6 nitrogen and oxygen atoms in total. The topological polar surface area (TPSA) is 58.1 Å². The second-order valence-corrected chi connectivity index (χ2v) is 7.41. The zero-order valence-electron chi connectivity index (χ0n) is 16.8. The van der Waals surface area contributed by atoms with Crippen LogP contribution in [0.3, 0.4) is 0 Å². The molecule has 1 saturated heterocycles. The van der Waals surface area contributed by atoms with Gasteiger partial charge in [0, 0.05) is 31.7 Å². The molecule has 2 aliphatic rings. The van der Waals surface area contributed by atoms with Crippen LogP contribution in [0, 0.1) is 0 Å². The maximum atomic E-state index is 5.94. The molecule has 1 aromatic rings. The molecule has 1 aliphatic carbocycles. The molecule has 7 heteroatoms. The van der Waals surface area contributed by atoms with Gasteiger partial charge < -0.3 is 20.1 Å². The molecule has 152 valence electrons. The highest BCUT2D eigenvalue weighted by atomic mass is 127.